The van der Waals surface area contributed by atoms with E-state index in [9.17, 15) is 4.79 Å². The van der Waals surface area contributed by atoms with Crippen LogP contribution >= 0.6 is 0 Å². The second-order valence-corrected chi connectivity index (χ2v) is 6.91. The molecule has 0 radical (unpaired) electrons. The van der Waals surface area contributed by atoms with E-state index in [0.29, 0.717) is 30.9 Å². The number of aromatic nitrogens is 1. The van der Waals surface area contributed by atoms with Crippen LogP contribution in [-0.2, 0) is 13.0 Å². The van der Waals surface area contributed by atoms with Gasteiger partial charge in [0.15, 0.2) is 0 Å². The molecule has 2 aromatic carbocycles. The van der Waals surface area contributed by atoms with Gasteiger partial charge in [0.05, 0.1) is 23.9 Å². The zero-order chi connectivity index (χ0) is 20.8. The number of nitrogens with zero attached hydrogens (tertiary/aromatic N) is 1. The van der Waals surface area contributed by atoms with Gasteiger partial charge >= 0.3 is 0 Å². The maximum absolute atomic E-state index is 12.7. The maximum Gasteiger partial charge on any atom is 0.255 e. The number of nitrogens with one attached hydrogen (secondary N) is 1. The Morgan fingerprint density at radius 1 is 1.10 bits per heavy atom. The van der Waals surface area contributed by atoms with Gasteiger partial charge in [0, 0.05) is 6.54 Å². The van der Waals surface area contributed by atoms with Gasteiger partial charge in [0.2, 0.25) is 0 Å². The molecule has 0 bridgehead atoms. The van der Waals surface area contributed by atoms with Crippen molar-refractivity contribution >= 4 is 5.91 Å². The van der Waals surface area contributed by atoms with Crippen molar-refractivity contribution in [2.75, 3.05) is 13.7 Å². The molecule has 29 heavy (non-hydrogen) atoms. The van der Waals surface area contributed by atoms with E-state index in [0.717, 1.165) is 33.9 Å². The van der Waals surface area contributed by atoms with Crippen molar-refractivity contribution in [3.8, 4) is 11.5 Å². The number of methoxy groups -OCH3 is 1. The largest absolute Gasteiger partial charge is 0.496 e. The van der Waals surface area contributed by atoms with E-state index in [4.69, 9.17) is 14.0 Å². The molecular formula is C23H26N2O4. The number of aryl methyl sites for hydroxylation is 3. The Balaban J connectivity index is 1.63. The van der Waals surface area contributed by atoms with Gasteiger partial charge in [-0.25, -0.2) is 0 Å². The Hall–Kier alpha value is -3.28. The van der Waals surface area contributed by atoms with Gasteiger partial charge in [-0.05, 0) is 51.0 Å². The Labute approximate surface area is 170 Å². The fourth-order valence-corrected chi connectivity index (χ4v) is 3.15. The highest BCUT2D eigenvalue weighted by Gasteiger charge is 2.15. The maximum atomic E-state index is 12.7. The van der Waals surface area contributed by atoms with Crippen LogP contribution < -0.4 is 14.8 Å². The number of amides is 1. The van der Waals surface area contributed by atoms with Gasteiger partial charge in [-0.3, -0.25) is 4.79 Å². The van der Waals surface area contributed by atoms with Crippen LogP contribution in [-0.4, -0.2) is 24.7 Å². The standard InChI is InChI=1S/C23H26N2O4/c1-15-9-10-21(27-4)18(13-15)11-12-24-23(26)19-7-5-6-8-22(19)28-14-20-16(2)25-29-17(20)3/h5-10,13H,11-12,14H2,1-4H3,(H,24,26). The second kappa shape index (κ2) is 9.28. The summed E-state index contributed by atoms with van der Waals surface area (Å²) >= 11 is 0. The summed E-state index contributed by atoms with van der Waals surface area (Å²) < 4.78 is 16.5. The molecule has 6 nitrogen and oxygen atoms in total. The molecule has 1 aromatic heterocycles. The van der Waals surface area contributed by atoms with Gasteiger partial charge in [-0.15, -0.1) is 0 Å². The van der Waals surface area contributed by atoms with E-state index in [-0.39, 0.29) is 5.91 Å². The smallest absolute Gasteiger partial charge is 0.255 e. The molecule has 1 heterocycles. The summed E-state index contributed by atoms with van der Waals surface area (Å²) in [6, 6.07) is 13.2. The van der Waals surface area contributed by atoms with Crippen LogP contribution in [0.1, 0.15) is 38.5 Å². The molecule has 0 aliphatic carbocycles. The van der Waals surface area contributed by atoms with Crippen LogP contribution in [0.3, 0.4) is 0 Å². The molecule has 0 spiro atoms. The van der Waals surface area contributed by atoms with E-state index in [2.05, 4.69) is 16.5 Å². The first kappa shape index (κ1) is 20.5. The van der Waals surface area contributed by atoms with Crippen molar-refractivity contribution in [3.63, 3.8) is 0 Å². The Morgan fingerprint density at radius 3 is 2.62 bits per heavy atom. The van der Waals surface area contributed by atoms with E-state index >= 15 is 0 Å². The summed E-state index contributed by atoms with van der Waals surface area (Å²) in [5.41, 5.74) is 4.40. The Kier molecular flexibility index (Phi) is 6.54. The molecule has 0 aliphatic heterocycles. The summed E-state index contributed by atoms with van der Waals surface area (Å²) in [4.78, 5) is 12.7. The molecule has 3 aromatic rings. The van der Waals surface area contributed by atoms with Crippen molar-refractivity contribution in [1.82, 2.24) is 10.5 Å². The summed E-state index contributed by atoms with van der Waals surface area (Å²) in [7, 11) is 1.65. The Bertz CT molecular complexity index is 975. The predicted octanol–water partition coefficient (Wildman–Crippen LogP) is 4.16. The molecule has 0 saturated heterocycles. The highest BCUT2D eigenvalue weighted by Crippen LogP contribution is 2.22. The number of hydrogen-bond donors (Lipinski definition) is 1. The van der Waals surface area contributed by atoms with Crippen molar-refractivity contribution in [1.29, 1.82) is 0 Å². The second-order valence-electron chi connectivity index (χ2n) is 6.91. The molecule has 0 fully saturated rings. The van der Waals surface area contributed by atoms with Crippen LogP contribution in [0.2, 0.25) is 0 Å². The van der Waals surface area contributed by atoms with Crippen LogP contribution in [0.15, 0.2) is 47.0 Å². The average Bonchev–Trinajstić information content (AvgIpc) is 3.04. The zero-order valence-corrected chi connectivity index (χ0v) is 17.2. The van der Waals surface area contributed by atoms with E-state index in [1.54, 1.807) is 19.2 Å². The van der Waals surface area contributed by atoms with Crippen LogP contribution in [0.25, 0.3) is 0 Å². The number of hydrogen-bond acceptors (Lipinski definition) is 5. The van der Waals surface area contributed by atoms with E-state index < -0.39 is 0 Å². The number of para-hydroxylation sites is 1. The lowest BCUT2D eigenvalue weighted by Crippen LogP contribution is -2.26. The van der Waals surface area contributed by atoms with Crippen LogP contribution in [0.4, 0.5) is 0 Å². The fourth-order valence-electron chi connectivity index (χ4n) is 3.15. The fraction of sp³-hybridized carbons (Fsp3) is 0.304. The molecule has 0 unspecified atom stereocenters. The molecule has 0 atom stereocenters. The molecule has 0 aliphatic rings. The number of carbonyl (C=O) groups is 1. The first-order chi connectivity index (χ1) is 14.0. The summed E-state index contributed by atoms with van der Waals surface area (Å²) in [6.45, 7) is 6.54. The zero-order valence-electron chi connectivity index (χ0n) is 17.2. The topological polar surface area (TPSA) is 73.6 Å². The van der Waals surface area contributed by atoms with E-state index in [1.807, 2.05) is 45.0 Å². The molecular weight excluding hydrogens is 368 g/mol. The Morgan fingerprint density at radius 2 is 1.90 bits per heavy atom. The molecule has 0 saturated carbocycles. The summed E-state index contributed by atoms with van der Waals surface area (Å²) in [5.74, 6) is 1.90. The van der Waals surface area contributed by atoms with Gasteiger partial charge in [0.1, 0.15) is 23.9 Å². The van der Waals surface area contributed by atoms with Crippen LogP contribution in [0, 0.1) is 20.8 Å². The lowest BCUT2D eigenvalue weighted by atomic mass is 10.1. The van der Waals surface area contributed by atoms with Crippen molar-refractivity contribution in [2.45, 2.75) is 33.8 Å². The number of ether oxygens (including phenoxy) is 2. The number of carbonyl (C=O) groups excluding carboxylic acids is 1. The lowest BCUT2D eigenvalue weighted by Gasteiger charge is -2.13. The highest BCUT2D eigenvalue weighted by molar-refractivity contribution is 5.96. The minimum absolute atomic E-state index is 0.175. The minimum atomic E-state index is -0.175. The van der Waals surface area contributed by atoms with E-state index in [1.165, 1.54) is 0 Å². The third-order valence-electron chi connectivity index (χ3n) is 4.80. The molecule has 6 heteroatoms. The molecule has 152 valence electrons. The van der Waals surface area contributed by atoms with Crippen molar-refractivity contribution in [3.05, 3.63) is 76.2 Å². The van der Waals surface area contributed by atoms with Gasteiger partial charge in [-0.2, -0.15) is 0 Å². The highest BCUT2D eigenvalue weighted by atomic mass is 16.5. The third kappa shape index (κ3) is 4.96. The quantitative estimate of drug-likeness (QED) is 0.621. The SMILES string of the molecule is COc1ccc(C)cc1CCNC(=O)c1ccccc1OCc1c(C)noc1C. The normalized spacial score (nSPS) is 10.6. The van der Waals surface area contributed by atoms with Gasteiger partial charge in [0.25, 0.3) is 5.91 Å². The monoisotopic (exact) mass is 394 g/mol. The third-order valence-corrected chi connectivity index (χ3v) is 4.80. The number of rotatable bonds is 8. The molecule has 1 N–H and O–H groups in total. The molecule has 3 rings (SSSR count). The summed E-state index contributed by atoms with van der Waals surface area (Å²) in [6.07, 6.45) is 0.679. The first-order valence-corrected chi connectivity index (χ1v) is 9.55. The number of benzene rings is 2. The van der Waals surface area contributed by atoms with Gasteiger partial charge in [-0.1, -0.05) is 35.0 Å². The lowest BCUT2D eigenvalue weighted by molar-refractivity contribution is 0.0949. The van der Waals surface area contributed by atoms with Crippen LogP contribution in [0.5, 0.6) is 11.5 Å². The predicted molar refractivity (Wildman–Crippen MR) is 111 cm³/mol. The van der Waals surface area contributed by atoms with Gasteiger partial charge < -0.3 is 19.3 Å². The molecule has 1 amide bonds. The van der Waals surface area contributed by atoms with Crippen molar-refractivity contribution < 1.29 is 18.8 Å². The first-order valence-electron chi connectivity index (χ1n) is 9.55. The minimum Gasteiger partial charge on any atom is -0.496 e. The van der Waals surface area contributed by atoms with Crippen molar-refractivity contribution in [2.24, 2.45) is 0 Å². The summed E-state index contributed by atoms with van der Waals surface area (Å²) in [5, 5.41) is 6.90. The average molecular weight is 394 g/mol.